The van der Waals surface area contributed by atoms with Crippen molar-refractivity contribution in [3.05, 3.63) is 0 Å². The highest BCUT2D eigenvalue weighted by atomic mass is 19.2. The lowest BCUT2D eigenvalue weighted by molar-refractivity contribution is -0.142. The van der Waals surface area contributed by atoms with Gasteiger partial charge < -0.3 is 0 Å². The maximum atomic E-state index is 14.9. The Morgan fingerprint density at radius 1 is 0.156 bits per heavy atom. The van der Waals surface area contributed by atoms with E-state index in [4.69, 9.17) is 0 Å². The molecule has 0 nitrogen and oxygen atoms in total. The third kappa shape index (κ3) is 3.03. The molecule has 32 heavy (non-hydrogen) atoms. The van der Waals surface area contributed by atoms with Gasteiger partial charge in [-0.05, 0) is 5.92 Å². The van der Waals surface area contributed by atoms with Crippen molar-refractivity contribution in [2.75, 3.05) is 0 Å². The second kappa shape index (κ2) is 8.09. The van der Waals surface area contributed by atoms with E-state index < -0.39 is 116 Å². The molecule has 0 heterocycles. The molecule has 0 aliphatic heterocycles. The number of fused-ring (bicyclic) bond motifs is 3. The zero-order valence-corrected chi connectivity index (χ0v) is 15.9. The van der Waals surface area contributed by atoms with Crippen LogP contribution in [0.4, 0.5) is 57.1 Å². The molecule has 0 N–H and O–H groups in total. The van der Waals surface area contributed by atoms with Gasteiger partial charge in [0, 0.05) is 29.6 Å². The minimum atomic E-state index is -3.35. The summed E-state index contributed by atoms with van der Waals surface area (Å²) < 4.78 is 186. The lowest BCUT2D eigenvalue weighted by Crippen LogP contribution is -2.60. The predicted octanol–water partition coefficient (Wildman–Crippen LogP) is 5.13. The van der Waals surface area contributed by atoms with Gasteiger partial charge in [0.2, 0.25) is 0 Å². The van der Waals surface area contributed by atoms with Crippen molar-refractivity contribution >= 4 is 0 Å². The molecule has 16 unspecified atom stereocenters. The van der Waals surface area contributed by atoms with Crippen LogP contribution in [0, 0.1) is 35.5 Å². The molecule has 0 radical (unpaired) electrons. The molecule has 0 aromatic rings. The molecular formula is C19H19F13. The first kappa shape index (κ1) is 24.2. The van der Waals surface area contributed by atoms with E-state index in [9.17, 15) is 57.1 Å². The highest BCUT2D eigenvalue weighted by Crippen LogP contribution is 2.64. The first-order valence-electron chi connectivity index (χ1n) is 10.2. The van der Waals surface area contributed by atoms with Gasteiger partial charge in [0.15, 0.2) is 43.2 Å². The van der Waals surface area contributed by atoms with Crippen molar-refractivity contribution in [1.29, 1.82) is 0 Å². The summed E-state index contributed by atoms with van der Waals surface area (Å²) in [7, 11) is 0. The summed E-state index contributed by atoms with van der Waals surface area (Å²) in [6, 6.07) is 0. The van der Waals surface area contributed by atoms with Crippen molar-refractivity contribution in [3.63, 3.8) is 0 Å². The Hall–Kier alpha value is -0.910. The van der Waals surface area contributed by atoms with Gasteiger partial charge in [-0.1, -0.05) is 0 Å². The standard InChI is InChI=1S/C19H19F13/c20-7-2-1(6-11(24)17(30)19(32)18(31)12(6)25)3-5(4(2)9(22)15(28)13(7)26)10(23)16(29)14(27)8(3)21/h1-19H. The molecule has 4 aliphatic carbocycles. The van der Waals surface area contributed by atoms with E-state index >= 15 is 0 Å². The number of alkyl halides is 13. The van der Waals surface area contributed by atoms with Crippen LogP contribution >= 0.6 is 0 Å². The molecule has 13 heteroatoms. The third-order valence-corrected chi connectivity index (χ3v) is 7.91. The molecule has 0 aromatic heterocycles. The zero-order valence-electron chi connectivity index (χ0n) is 15.9. The Labute approximate surface area is 173 Å². The summed E-state index contributed by atoms with van der Waals surface area (Å²) in [5.41, 5.74) is 0. The van der Waals surface area contributed by atoms with Crippen molar-refractivity contribution < 1.29 is 57.1 Å². The van der Waals surface area contributed by atoms with Gasteiger partial charge in [-0.25, -0.2) is 57.1 Å². The SMILES string of the molecule is FC1C(F)C(F)C(C2C3C(F)C(F)C(F)C(F)C3C3C(F)C(F)C(F)C(F)C32)C(F)C1F. The van der Waals surface area contributed by atoms with Crippen LogP contribution in [0.1, 0.15) is 0 Å². The summed E-state index contributed by atoms with van der Waals surface area (Å²) in [5.74, 6) is -15.0. The smallest absolute Gasteiger partial charge is 0.168 e. The van der Waals surface area contributed by atoms with E-state index in [1.807, 2.05) is 0 Å². The van der Waals surface area contributed by atoms with Crippen LogP contribution in [-0.2, 0) is 0 Å². The van der Waals surface area contributed by atoms with Crippen molar-refractivity contribution in [2.24, 2.45) is 35.5 Å². The first-order chi connectivity index (χ1) is 14.8. The molecule has 186 valence electrons. The number of hydrogen-bond acceptors (Lipinski definition) is 0. The van der Waals surface area contributed by atoms with Gasteiger partial charge in [0.1, 0.15) is 37.0 Å². The monoisotopic (exact) mass is 494 g/mol. The van der Waals surface area contributed by atoms with Gasteiger partial charge in [0.25, 0.3) is 0 Å². The van der Waals surface area contributed by atoms with Gasteiger partial charge >= 0.3 is 0 Å². The van der Waals surface area contributed by atoms with Crippen molar-refractivity contribution in [3.8, 4) is 0 Å². The fourth-order valence-corrected chi connectivity index (χ4v) is 6.60. The van der Waals surface area contributed by atoms with Gasteiger partial charge in [0.05, 0.1) is 0 Å². The molecule has 0 saturated heterocycles. The fourth-order valence-electron chi connectivity index (χ4n) is 6.60. The third-order valence-electron chi connectivity index (χ3n) is 7.91. The molecule has 4 rings (SSSR count). The summed E-state index contributed by atoms with van der Waals surface area (Å²) in [5, 5.41) is 0. The van der Waals surface area contributed by atoms with Crippen LogP contribution in [0.2, 0.25) is 0 Å². The minimum Gasteiger partial charge on any atom is -0.244 e. The second-order valence-corrected chi connectivity index (χ2v) is 9.24. The van der Waals surface area contributed by atoms with Crippen molar-refractivity contribution in [1.82, 2.24) is 0 Å². The van der Waals surface area contributed by atoms with Crippen LogP contribution in [-0.4, -0.2) is 80.2 Å². The molecular weight excluding hydrogens is 475 g/mol. The van der Waals surface area contributed by atoms with E-state index in [1.165, 1.54) is 0 Å². The quantitative estimate of drug-likeness (QED) is 0.444. The minimum absolute atomic E-state index is 2.39. The average molecular weight is 494 g/mol. The maximum absolute atomic E-state index is 14.9. The van der Waals surface area contributed by atoms with Crippen molar-refractivity contribution in [2.45, 2.75) is 80.2 Å². The van der Waals surface area contributed by atoms with Crippen LogP contribution in [0.25, 0.3) is 0 Å². The highest BCUT2D eigenvalue weighted by molar-refractivity contribution is 5.19. The van der Waals surface area contributed by atoms with E-state index in [1.54, 1.807) is 0 Å². The largest absolute Gasteiger partial charge is 0.244 e. The van der Waals surface area contributed by atoms with E-state index in [0.29, 0.717) is 0 Å². The summed E-state index contributed by atoms with van der Waals surface area (Å²) in [6.07, 6.45) is -42.1. The molecule has 0 aromatic carbocycles. The molecule has 0 amide bonds. The zero-order chi connectivity index (χ0) is 24.0. The molecule has 0 spiro atoms. The maximum Gasteiger partial charge on any atom is 0.168 e. The Kier molecular flexibility index (Phi) is 6.13. The highest BCUT2D eigenvalue weighted by Gasteiger charge is 2.74. The lowest BCUT2D eigenvalue weighted by atomic mass is 9.63. The van der Waals surface area contributed by atoms with Crippen LogP contribution in [0.3, 0.4) is 0 Å². The van der Waals surface area contributed by atoms with Gasteiger partial charge in [-0.2, -0.15) is 0 Å². The Morgan fingerprint density at radius 3 is 0.562 bits per heavy atom. The van der Waals surface area contributed by atoms with Crippen LogP contribution in [0.15, 0.2) is 0 Å². The van der Waals surface area contributed by atoms with E-state index in [2.05, 4.69) is 0 Å². The summed E-state index contributed by atoms with van der Waals surface area (Å²) in [6.45, 7) is 0. The molecule has 4 fully saturated rings. The molecule has 0 bridgehead atoms. The predicted molar refractivity (Wildman–Crippen MR) is 84.6 cm³/mol. The average Bonchev–Trinajstić information content (AvgIpc) is 3.12. The fraction of sp³-hybridized carbons (Fsp3) is 1.00. The summed E-state index contributed by atoms with van der Waals surface area (Å²) >= 11 is 0. The number of rotatable bonds is 1. The Morgan fingerprint density at radius 2 is 0.312 bits per heavy atom. The molecule has 16 atom stereocenters. The van der Waals surface area contributed by atoms with Crippen LogP contribution < -0.4 is 0 Å². The van der Waals surface area contributed by atoms with Crippen LogP contribution in [0.5, 0.6) is 0 Å². The second-order valence-electron chi connectivity index (χ2n) is 9.24. The normalized spacial score (nSPS) is 65.3. The van der Waals surface area contributed by atoms with Gasteiger partial charge in [-0.15, -0.1) is 0 Å². The summed E-state index contributed by atoms with van der Waals surface area (Å²) in [4.78, 5) is 0. The number of halogens is 13. The lowest BCUT2D eigenvalue weighted by Gasteiger charge is -2.46. The molecule has 4 saturated carbocycles. The topological polar surface area (TPSA) is 0 Å². The van der Waals surface area contributed by atoms with E-state index in [-0.39, 0.29) is 0 Å². The molecule has 4 aliphatic rings. The Balaban J connectivity index is 1.86. The van der Waals surface area contributed by atoms with Gasteiger partial charge in [-0.3, -0.25) is 0 Å². The first-order valence-corrected chi connectivity index (χ1v) is 10.2. The number of hydrogen-bond donors (Lipinski definition) is 0. The van der Waals surface area contributed by atoms with E-state index in [0.717, 1.165) is 0 Å². The Bertz CT molecular complexity index is 642.